The normalized spacial score (nSPS) is 20.5. The third-order valence-corrected chi connectivity index (χ3v) is 15.3. The van der Waals surface area contributed by atoms with Crippen LogP contribution in [0.1, 0.15) is 130 Å². The van der Waals surface area contributed by atoms with Gasteiger partial charge in [0.05, 0.1) is 36.9 Å². The molecule has 1 saturated heterocycles. The molecule has 0 aliphatic carbocycles. The van der Waals surface area contributed by atoms with Crippen molar-refractivity contribution in [2.75, 3.05) is 32.3 Å². The minimum atomic E-state index is -1.31. The third kappa shape index (κ3) is 12.9. The van der Waals surface area contributed by atoms with Crippen molar-refractivity contribution < 1.29 is 66.7 Å². The first-order valence-electron chi connectivity index (χ1n) is 24.0. The number of aromatic nitrogens is 4. The number of rotatable bonds is 18. The number of carbonyl (C=O) groups is 7. The van der Waals surface area contributed by atoms with Gasteiger partial charge in [-0.25, -0.2) is 9.78 Å². The molecule has 1 fully saturated rings. The number of aryl methyl sites for hydroxylation is 3. The van der Waals surface area contributed by atoms with E-state index in [0.717, 1.165) is 69.9 Å². The van der Waals surface area contributed by atoms with Crippen LogP contribution < -0.4 is 0 Å². The summed E-state index contributed by atoms with van der Waals surface area (Å²) in [5.74, 6) is -3.85. The lowest BCUT2D eigenvalue weighted by Crippen LogP contribution is -2.61. The molecular weight excluding hydrogens is 981 g/mol. The summed E-state index contributed by atoms with van der Waals surface area (Å²) < 4.78 is 38.6. The van der Waals surface area contributed by atoms with Gasteiger partial charge in [0.1, 0.15) is 18.1 Å². The fraction of sp³-hybridized carbons (Fsp3) is 0.491. The van der Waals surface area contributed by atoms with E-state index in [1.807, 2.05) is 32.1 Å². The minimum absolute atomic E-state index is 0.0662. The maximum absolute atomic E-state index is 14.5. The first-order chi connectivity index (χ1) is 34.7. The molecule has 0 aromatic carbocycles. The molecule has 2 N–H and O–H groups in total. The first kappa shape index (κ1) is 56.1. The Bertz CT molecular complexity index is 2890. The van der Waals surface area contributed by atoms with Crippen LogP contribution in [0, 0.1) is 13.8 Å². The van der Waals surface area contributed by atoms with E-state index in [9.17, 15) is 33.6 Å². The Kier molecular flexibility index (Phi) is 18.9. The standard InChI is InChI=1S/C53H64N4O14S2/c1-13-33-25(3)37-21-39-27(5)35(16-17-44(62)65-11)47(56-39)36(48-46(52(64)66-12)28(6)40(57-48)23-42-34(14-2)26(4)38(55-42)22-41(33)54-37)20-45(63)72-18-15-19-73-53-51(70-32(10)61)50(69-31(9)60)49(68-30(8)59)43(71-53)24-67-29(7)58/h13,21-23,27,35,43,49-51,53-55H,1,14-20,24H2,2-12H3/t27-,35-,43+,49+,50-,51+,53-/m0/s1. The van der Waals surface area contributed by atoms with Crippen LogP contribution in [0.2, 0.25) is 0 Å². The second-order valence-electron chi connectivity index (χ2n) is 18.0. The highest BCUT2D eigenvalue weighted by molar-refractivity contribution is 8.13. The van der Waals surface area contributed by atoms with Gasteiger partial charge in [0.15, 0.2) is 23.4 Å². The summed E-state index contributed by atoms with van der Waals surface area (Å²) in [4.78, 5) is 108. The molecule has 392 valence electrons. The quantitative estimate of drug-likeness (QED) is 0.0695. The molecule has 3 aromatic heterocycles. The zero-order chi connectivity index (χ0) is 53.4. The molecule has 0 saturated carbocycles. The van der Waals surface area contributed by atoms with Gasteiger partial charge in [-0.3, -0.25) is 33.8 Å². The molecule has 6 heterocycles. The van der Waals surface area contributed by atoms with Crippen molar-refractivity contribution in [3.63, 3.8) is 0 Å². The predicted octanol–water partition coefficient (Wildman–Crippen LogP) is 8.09. The fourth-order valence-electron chi connectivity index (χ4n) is 9.52. The van der Waals surface area contributed by atoms with Crippen molar-refractivity contribution in [2.24, 2.45) is 0 Å². The summed E-state index contributed by atoms with van der Waals surface area (Å²) in [6.07, 6.45) is -1.77. The molecule has 3 aliphatic rings. The number of hydrogen-bond acceptors (Lipinski definition) is 18. The summed E-state index contributed by atoms with van der Waals surface area (Å²) in [7, 11) is 2.63. The summed E-state index contributed by atoms with van der Waals surface area (Å²) in [6, 6.07) is 5.97. The molecule has 3 aromatic rings. The molecule has 18 nitrogen and oxygen atoms in total. The number of allylic oxidation sites excluding steroid dienone is 1. The Labute approximate surface area is 432 Å². The maximum atomic E-state index is 14.5. The van der Waals surface area contributed by atoms with Crippen LogP contribution in [0.4, 0.5) is 0 Å². The number of aromatic amines is 2. The fourth-order valence-corrected chi connectivity index (χ4v) is 11.6. The Morgan fingerprint density at radius 1 is 0.781 bits per heavy atom. The van der Waals surface area contributed by atoms with Crippen LogP contribution in [-0.4, -0.2) is 123 Å². The van der Waals surface area contributed by atoms with Crippen LogP contribution in [0.3, 0.4) is 0 Å². The van der Waals surface area contributed by atoms with Crippen LogP contribution >= 0.6 is 23.5 Å². The molecule has 0 amide bonds. The van der Waals surface area contributed by atoms with E-state index in [1.165, 1.54) is 39.8 Å². The number of hydrogen-bond donors (Lipinski definition) is 2. The summed E-state index contributed by atoms with van der Waals surface area (Å²) in [6.45, 7) is 18.4. The van der Waals surface area contributed by atoms with Crippen molar-refractivity contribution in [1.29, 1.82) is 0 Å². The van der Waals surface area contributed by atoms with Gasteiger partial charge in [0.25, 0.3) is 0 Å². The van der Waals surface area contributed by atoms with E-state index in [1.54, 1.807) is 6.92 Å². The van der Waals surface area contributed by atoms with E-state index in [4.69, 9.17) is 43.1 Å². The topological polar surface area (TPSA) is 241 Å². The lowest BCUT2D eigenvalue weighted by molar-refractivity contribution is -0.237. The Morgan fingerprint density at radius 2 is 1.44 bits per heavy atom. The average Bonchev–Trinajstić information content (AvgIpc) is 4.02. The molecule has 0 radical (unpaired) electrons. The second kappa shape index (κ2) is 24.6. The molecule has 7 atom stereocenters. The predicted molar refractivity (Wildman–Crippen MR) is 277 cm³/mol. The zero-order valence-corrected chi connectivity index (χ0v) is 44.8. The maximum Gasteiger partial charge on any atom is 0.340 e. The van der Waals surface area contributed by atoms with Crippen molar-refractivity contribution in [1.82, 2.24) is 19.9 Å². The molecule has 3 aliphatic heterocycles. The van der Waals surface area contributed by atoms with Crippen molar-refractivity contribution in [2.45, 2.75) is 136 Å². The summed E-state index contributed by atoms with van der Waals surface area (Å²) >= 11 is 2.28. The number of esters is 6. The second-order valence-corrected chi connectivity index (χ2v) is 20.3. The van der Waals surface area contributed by atoms with Gasteiger partial charge in [0.2, 0.25) is 0 Å². The van der Waals surface area contributed by atoms with Crippen molar-refractivity contribution >= 4 is 104 Å². The van der Waals surface area contributed by atoms with Crippen LogP contribution in [-0.2, 0) is 79.6 Å². The molecule has 20 heteroatoms. The molecule has 0 spiro atoms. The highest BCUT2D eigenvalue weighted by Gasteiger charge is 2.52. The average molecular weight is 1050 g/mol. The number of ether oxygens (including phenoxy) is 7. The highest BCUT2D eigenvalue weighted by atomic mass is 32.2. The van der Waals surface area contributed by atoms with Gasteiger partial charge in [0, 0.05) is 97.0 Å². The smallest absolute Gasteiger partial charge is 0.340 e. The lowest BCUT2D eigenvalue weighted by atomic mass is 9.84. The van der Waals surface area contributed by atoms with Gasteiger partial charge in [-0.05, 0) is 86.2 Å². The minimum Gasteiger partial charge on any atom is -0.469 e. The SMILES string of the molecule is C=Cc1c(C)c2cc3nc(c(CC(=O)SCCCS[C@@H]4O[C@H](COC(C)=O)[C@@H](OC(C)=O)[C@H](OC(C)=O)[C@H]4OC(C)=O)c4nc(cc5[nH]c(cc1[nH]2)c(C)c5CC)C(C)=C4C(=O)OC)[C@@H](CCC(=O)OC)[C@@H]3C. The van der Waals surface area contributed by atoms with E-state index >= 15 is 0 Å². The largest absolute Gasteiger partial charge is 0.469 e. The summed E-state index contributed by atoms with van der Waals surface area (Å²) in [5.41, 5.74) is 9.53. The number of thioether (sulfide) groups is 2. The third-order valence-electron chi connectivity index (χ3n) is 13.1. The number of nitrogens with zero attached hydrogens (tertiary/aromatic N) is 2. The Hall–Kier alpha value is -6.25. The van der Waals surface area contributed by atoms with Crippen LogP contribution in [0.25, 0.3) is 39.3 Å². The zero-order valence-electron chi connectivity index (χ0n) is 43.1. The van der Waals surface area contributed by atoms with Gasteiger partial charge in [-0.2, -0.15) is 0 Å². The van der Waals surface area contributed by atoms with Gasteiger partial charge >= 0.3 is 35.8 Å². The molecule has 0 unspecified atom stereocenters. The van der Waals surface area contributed by atoms with Crippen LogP contribution in [0.15, 0.2) is 24.8 Å². The van der Waals surface area contributed by atoms with Gasteiger partial charge in [-0.1, -0.05) is 38.3 Å². The van der Waals surface area contributed by atoms with Gasteiger partial charge in [-0.15, -0.1) is 11.8 Å². The van der Waals surface area contributed by atoms with E-state index in [-0.39, 0.29) is 41.7 Å². The van der Waals surface area contributed by atoms with Gasteiger partial charge < -0.3 is 43.1 Å². The number of H-pyrrole nitrogens is 2. The van der Waals surface area contributed by atoms with Crippen LogP contribution in [0.5, 0.6) is 0 Å². The van der Waals surface area contributed by atoms with E-state index in [0.29, 0.717) is 59.0 Å². The Morgan fingerprint density at radius 3 is 2.07 bits per heavy atom. The number of carbonyl (C=O) groups excluding carboxylic acids is 7. The first-order valence-corrected chi connectivity index (χ1v) is 26.1. The van der Waals surface area contributed by atoms with E-state index < -0.39 is 71.6 Å². The highest BCUT2D eigenvalue weighted by Crippen LogP contribution is 2.44. The lowest BCUT2D eigenvalue weighted by Gasteiger charge is -2.44. The summed E-state index contributed by atoms with van der Waals surface area (Å²) in [5, 5.41) is -0.253. The Balaban J connectivity index is 1.42. The number of fused-ring (bicyclic) bond motifs is 8. The monoisotopic (exact) mass is 1040 g/mol. The van der Waals surface area contributed by atoms with Crippen molar-refractivity contribution in [3.8, 4) is 0 Å². The number of nitrogens with one attached hydrogen (secondary N) is 2. The van der Waals surface area contributed by atoms with Crippen molar-refractivity contribution in [3.05, 3.63) is 75.4 Å². The molecular formula is C53H64N4O14S2. The molecule has 73 heavy (non-hydrogen) atoms. The van der Waals surface area contributed by atoms with E-state index in [2.05, 4.69) is 36.5 Å². The molecule has 8 bridgehead atoms. The number of methoxy groups -OCH3 is 2. The molecule has 6 rings (SSSR count).